The van der Waals surface area contributed by atoms with E-state index in [2.05, 4.69) is 75.4 Å². The average Bonchev–Trinajstić information content (AvgIpc) is 2.70. The molecular weight excluding hydrogens is 348 g/mol. The Hall–Kier alpha value is -3.28. The second-order valence-corrected chi connectivity index (χ2v) is 6.80. The van der Waals surface area contributed by atoms with Crippen molar-refractivity contribution in [1.29, 1.82) is 0 Å². The van der Waals surface area contributed by atoms with Crippen molar-refractivity contribution in [2.24, 2.45) is 0 Å². The lowest BCUT2D eigenvalue weighted by molar-refractivity contribution is 0.814. The van der Waals surface area contributed by atoms with Gasteiger partial charge in [0.2, 0.25) is 5.95 Å². The summed E-state index contributed by atoms with van der Waals surface area (Å²) in [5.41, 5.74) is 6.93. The zero-order valence-corrected chi connectivity index (χ0v) is 16.9. The largest absolute Gasteiger partial charge is 0.394 e. The third-order valence-electron chi connectivity index (χ3n) is 4.65. The predicted molar refractivity (Wildman–Crippen MR) is 117 cm³/mol. The normalized spacial score (nSPS) is 13.7. The van der Waals surface area contributed by atoms with Crippen molar-refractivity contribution in [3.05, 3.63) is 70.8 Å². The summed E-state index contributed by atoms with van der Waals surface area (Å²) in [7, 11) is 3.84. The van der Waals surface area contributed by atoms with Crippen molar-refractivity contribution in [1.82, 2.24) is 20.6 Å². The third-order valence-corrected chi connectivity index (χ3v) is 4.65. The van der Waals surface area contributed by atoms with Crippen LogP contribution in [0.1, 0.15) is 29.5 Å². The highest BCUT2D eigenvalue weighted by molar-refractivity contribution is 5.68. The molecule has 0 amide bonds. The SMILES string of the molecule is CN/C=C/c1cc(C)c(Nc2ccnc(NC3=CC=C(NC)CC3)n2)c(C)c1. The molecule has 0 radical (unpaired) electrons. The molecule has 0 bridgehead atoms. The topological polar surface area (TPSA) is 73.9 Å². The van der Waals surface area contributed by atoms with Crippen molar-refractivity contribution in [2.45, 2.75) is 26.7 Å². The molecule has 146 valence electrons. The first kappa shape index (κ1) is 19.5. The van der Waals surface area contributed by atoms with Crippen LogP contribution in [0.3, 0.4) is 0 Å². The number of anilines is 3. The number of hydrogen-bond donors (Lipinski definition) is 4. The van der Waals surface area contributed by atoms with Crippen LogP contribution >= 0.6 is 0 Å². The molecule has 0 unspecified atom stereocenters. The number of rotatable bonds is 7. The lowest BCUT2D eigenvalue weighted by atomic mass is 10.0. The number of aryl methyl sites for hydroxylation is 2. The Labute approximate surface area is 166 Å². The van der Waals surface area contributed by atoms with Crippen LogP contribution in [0.25, 0.3) is 6.08 Å². The lowest BCUT2D eigenvalue weighted by Gasteiger charge is -2.16. The molecule has 1 aliphatic carbocycles. The molecule has 1 aliphatic rings. The molecule has 6 heteroatoms. The number of aromatic nitrogens is 2. The minimum atomic E-state index is 0.599. The van der Waals surface area contributed by atoms with Crippen molar-refractivity contribution < 1.29 is 0 Å². The number of nitrogens with one attached hydrogen (secondary N) is 4. The second kappa shape index (κ2) is 9.08. The van der Waals surface area contributed by atoms with E-state index in [1.54, 1.807) is 6.20 Å². The maximum atomic E-state index is 4.62. The van der Waals surface area contributed by atoms with Crippen LogP contribution in [0.4, 0.5) is 17.5 Å². The summed E-state index contributed by atoms with van der Waals surface area (Å²) in [6, 6.07) is 6.19. The van der Waals surface area contributed by atoms with Crippen LogP contribution in [0.2, 0.25) is 0 Å². The molecule has 4 N–H and O–H groups in total. The second-order valence-electron chi connectivity index (χ2n) is 6.80. The molecule has 0 fully saturated rings. The molecule has 28 heavy (non-hydrogen) atoms. The molecule has 6 nitrogen and oxygen atoms in total. The van der Waals surface area contributed by atoms with Crippen molar-refractivity contribution in [3.63, 3.8) is 0 Å². The van der Waals surface area contributed by atoms with Crippen LogP contribution in [0.15, 0.2) is 54.1 Å². The van der Waals surface area contributed by atoms with Gasteiger partial charge in [0.15, 0.2) is 0 Å². The molecule has 1 aromatic carbocycles. The van der Waals surface area contributed by atoms with Gasteiger partial charge in [-0.15, -0.1) is 0 Å². The van der Waals surface area contributed by atoms with E-state index in [1.807, 2.05) is 26.4 Å². The summed E-state index contributed by atoms with van der Waals surface area (Å²) < 4.78 is 0. The van der Waals surface area contributed by atoms with Gasteiger partial charge >= 0.3 is 0 Å². The molecule has 0 saturated heterocycles. The number of hydrogen-bond acceptors (Lipinski definition) is 6. The molecule has 2 aromatic rings. The van der Waals surface area contributed by atoms with Crippen LogP contribution in [0, 0.1) is 13.8 Å². The van der Waals surface area contributed by atoms with Gasteiger partial charge in [-0.2, -0.15) is 4.98 Å². The zero-order chi connectivity index (χ0) is 19.9. The van der Waals surface area contributed by atoms with E-state index >= 15 is 0 Å². The first-order valence-electron chi connectivity index (χ1n) is 9.48. The van der Waals surface area contributed by atoms with E-state index in [1.165, 1.54) is 16.8 Å². The van der Waals surface area contributed by atoms with Crippen LogP contribution in [-0.2, 0) is 0 Å². The van der Waals surface area contributed by atoms with E-state index in [0.717, 1.165) is 35.6 Å². The molecule has 0 saturated carbocycles. The Morgan fingerprint density at radius 3 is 2.32 bits per heavy atom. The van der Waals surface area contributed by atoms with Gasteiger partial charge < -0.3 is 21.3 Å². The summed E-state index contributed by atoms with van der Waals surface area (Å²) in [5.74, 6) is 1.37. The fourth-order valence-corrected chi connectivity index (χ4v) is 3.18. The fraction of sp³-hybridized carbons (Fsp3) is 0.273. The summed E-state index contributed by atoms with van der Waals surface area (Å²) >= 11 is 0. The standard InChI is InChI=1S/C22H28N6/c1-15-13-17(9-11-23-3)14-16(2)21(15)27-20-10-12-25-22(28-20)26-19-7-5-18(24-4)6-8-19/h5,7,9-14,23-24H,6,8H2,1-4H3,(H2,25,26,27,28)/b11-9+. The number of nitrogens with zero attached hydrogens (tertiary/aromatic N) is 2. The highest BCUT2D eigenvalue weighted by Gasteiger charge is 2.09. The van der Waals surface area contributed by atoms with E-state index in [4.69, 9.17) is 0 Å². The molecule has 0 spiro atoms. The molecule has 0 atom stereocenters. The Bertz CT molecular complexity index is 903. The maximum Gasteiger partial charge on any atom is 0.228 e. The van der Waals surface area contributed by atoms with Gasteiger partial charge in [-0.1, -0.05) is 0 Å². The van der Waals surface area contributed by atoms with Gasteiger partial charge in [-0.25, -0.2) is 4.98 Å². The highest BCUT2D eigenvalue weighted by Crippen LogP contribution is 2.26. The Kier molecular flexibility index (Phi) is 6.32. The predicted octanol–water partition coefficient (Wildman–Crippen LogP) is 4.22. The van der Waals surface area contributed by atoms with E-state index in [0.29, 0.717) is 5.95 Å². The summed E-state index contributed by atoms with van der Waals surface area (Å²) in [6.45, 7) is 4.20. The monoisotopic (exact) mass is 376 g/mol. The average molecular weight is 377 g/mol. The summed E-state index contributed by atoms with van der Waals surface area (Å²) in [5, 5.41) is 13.0. The fourth-order valence-electron chi connectivity index (χ4n) is 3.18. The van der Waals surface area contributed by atoms with Gasteiger partial charge in [-0.05, 0) is 86.0 Å². The number of allylic oxidation sites excluding steroid dienone is 4. The Morgan fingerprint density at radius 1 is 0.964 bits per heavy atom. The Balaban J connectivity index is 1.75. The zero-order valence-electron chi connectivity index (χ0n) is 16.9. The highest BCUT2D eigenvalue weighted by atomic mass is 15.1. The molecule has 0 aliphatic heterocycles. The van der Waals surface area contributed by atoms with E-state index < -0.39 is 0 Å². The first-order valence-corrected chi connectivity index (χ1v) is 9.48. The van der Waals surface area contributed by atoms with Gasteiger partial charge in [-0.3, -0.25) is 0 Å². The van der Waals surface area contributed by atoms with Crippen LogP contribution in [0.5, 0.6) is 0 Å². The summed E-state index contributed by atoms with van der Waals surface area (Å²) in [6.07, 6.45) is 11.8. The minimum Gasteiger partial charge on any atom is -0.394 e. The van der Waals surface area contributed by atoms with Crippen molar-refractivity contribution in [3.8, 4) is 0 Å². The molecule has 1 heterocycles. The minimum absolute atomic E-state index is 0.599. The molecule has 3 rings (SSSR count). The Morgan fingerprint density at radius 2 is 1.68 bits per heavy atom. The lowest BCUT2D eigenvalue weighted by Crippen LogP contribution is -2.12. The summed E-state index contributed by atoms with van der Waals surface area (Å²) in [4.78, 5) is 8.97. The van der Waals surface area contributed by atoms with Gasteiger partial charge in [0.1, 0.15) is 5.82 Å². The smallest absolute Gasteiger partial charge is 0.228 e. The van der Waals surface area contributed by atoms with Crippen LogP contribution in [-0.4, -0.2) is 24.1 Å². The first-order chi connectivity index (χ1) is 13.6. The van der Waals surface area contributed by atoms with E-state index in [9.17, 15) is 0 Å². The molecule has 1 aromatic heterocycles. The van der Waals surface area contributed by atoms with Gasteiger partial charge in [0.25, 0.3) is 0 Å². The third kappa shape index (κ3) is 4.91. The van der Waals surface area contributed by atoms with Gasteiger partial charge in [0.05, 0.1) is 0 Å². The number of benzene rings is 1. The van der Waals surface area contributed by atoms with Crippen LogP contribution < -0.4 is 21.3 Å². The van der Waals surface area contributed by atoms with E-state index in [-0.39, 0.29) is 0 Å². The van der Waals surface area contributed by atoms with Crippen molar-refractivity contribution in [2.75, 3.05) is 24.7 Å². The molecular formula is C22H28N6. The van der Waals surface area contributed by atoms with Gasteiger partial charge in [0, 0.05) is 37.4 Å². The van der Waals surface area contributed by atoms with Crippen molar-refractivity contribution >= 4 is 23.5 Å². The maximum absolute atomic E-state index is 4.62. The quantitative estimate of drug-likeness (QED) is 0.580.